The number of hydrogen-bond acceptors (Lipinski definition) is 3. The molecule has 0 radical (unpaired) electrons. The molecule has 0 spiro atoms. The quantitative estimate of drug-likeness (QED) is 0.596. The van der Waals surface area contributed by atoms with Crippen molar-refractivity contribution < 1.29 is 10.2 Å². The normalized spacial score (nSPS) is 8.82. The predicted octanol–water partition coefficient (Wildman–Crippen LogP) is 0.978. The monoisotopic (exact) mass is 175 g/mol. The summed E-state index contributed by atoms with van der Waals surface area (Å²) in [5.41, 5.74) is 5.99. The van der Waals surface area contributed by atoms with Gasteiger partial charge in [-0.3, -0.25) is 0 Å². The summed E-state index contributed by atoms with van der Waals surface area (Å²) in [4.78, 5) is 0. The molecule has 1 rings (SSSR count). The summed E-state index contributed by atoms with van der Waals surface area (Å²) in [5, 5.41) is 17.8. The van der Waals surface area contributed by atoms with Crippen LogP contribution in [0, 0.1) is 0 Å². The number of hydrogen-bond donors (Lipinski definition) is 3. The Morgan fingerprint density at radius 1 is 1.09 bits per heavy atom. The molecule has 62 valence electrons. The third-order valence-electron chi connectivity index (χ3n) is 1.20. The Morgan fingerprint density at radius 3 is 1.91 bits per heavy atom. The smallest absolute Gasteiger partial charge is 0.119 e. The summed E-state index contributed by atoms with van der Waals surface area (Å²) < 4.78 is 0. The van der Waals surface area contributed by atoms with E-state index in [4.69, 9.17) is 15.9 Å². The largest absolute Gasteiger partial charge is 0.508 e. The average Bonchev–Trinajstić information content (AvgIpc) is 1.85. The highest BCUT2D eigenvalue weighted by molar-refractivity contribution is 5.85. The maximum atomic E-state index is 8.91. The van der Waals surface area contributed by atoms with Crippen LogP contribution in [0.5, 0.6) is 11.5 Å². The van der Waals surface area contributed by atoms with Crippen LogP contribution in [0.1, 0.15) is 5.56 Å². The van der Waals surface area contributed by atoms with Crippen molar-refractivity contribution in [2.24, 2.45) is 5.73 Å². The molecule has 4 N–H and O–H groups in total. The maximum Gasteiger partial charge on any atom is 0.119 e. The molecule has 0 bridgehead atoms. The fraction of sp³-hybridized carbons (Fsp3) is 0.143. The van der Waals surface area contributed by atoms with Crippen molar-refractivity contribution in [3.05, 3.63) is 23.8 Å². The fourth-order valence-electron chi connectivity index (χ4n) is 0.774. The molecule has 0 atom stereocenters. The number of rotatable bonds is 1. The summed E-state index contributed by atoms with van der Waals surface area (Å²) in [5.74, 6) is 0.0842. The summed E-state index contributed by atoms with van der Waals surface area (Å²) in [6.07, 6.45) is 0. The lowest BCUT2D eigenvalue weighted by Gasteiger charge is -1.98. The molecule has 0 fully saturated rings. The number of nitrogens with two attached hydrogens (primary N) is 1. The van der Waals surface area contributed by atoms with Crippen molar-refractivity contribution in [1.82, 2.24) is 0 Å². The molecule has 1 aromatic rings. The fourth-order valence-corrected chi connectivity index (χ4v) is 0.774. The minimum absolute atomic E-state index is 0. The van der Waals surface area contributed by atoms with Crippen molar-refractivity contribution in [3.63, 3.8) is 0 Å². The third-order valence-corrected chi connectivity index (χ3v) is 1.20. The molecule has 0 aromatic heterocycles. The van der Waals surface area contributed by atoms with Gasteiger partial charge in [0.2, 0.25) is 0 Å². The van der Waals surface area contributed by atoms with E-state index in [1.807, 2.05) is 0 Å². The first-order chi connectivity index (χ1) is 4.72. The van der Waals surface area contributed by atoms with Gasteiger partial charge in [-0.1, -0.05) is 0 Å². The topological polar surface area (TPSA) is 66.5 Å². The molecule has 0 amide bonds. The van der Waals surface area contributed by atoms with Crippen LogP contribution in [0.4, 0.5) is 0 Å². The van der Waals surface area contributed by atoms with Gasteiger partial charge in [0, 0.05) is 12.6 Å². The first kappa shape index (κ1) is 10.1. The lowest BCUT2D eigenvalue weighted by atomic mass is 10.2. The van der Waals surface area contributed by atoms with Crippen LogP contribution in [-0.4, -0.2) is 10.2 Å². The number of phenolic OH excluding ortho intramolecular Hbond substituents is 2. The number of benzene rings is 1. The zero-order valence-electron chi connectivity index (χ0n) is 5.82. The number of aromatic hydroxyl groups is 2. The Hall–Kier alpha value is -0.930. The Balaban J connectivity index is 0.000001000. The molecule has 0 heterocycles. The standard InChI is InChI=1S/C7H9NO2.ClH/c8-4-5-1-6(9)3-7(10)2-5;/h1-3,9-10H,4,8H2;1H. The van der Waals surface area contributed by atoms with E-state index >= 15 is 0 Å². The summed E-state index contributed by atoms with van der Waals surface area (Å²) >= 11 is 0. The second kappa shape index (κ2) is 4.05. The highest BCUT2D eigenvalue weighted by Gasteiger charge is 1.95. The molecular formula is C7H10ClNO2. The van der Waals surface area contributed by atoms with Gasteiger partial charge in [-0.2, -0.15) is 0 Å². The summed E-state index contributed by atoms with van der Waals surface area (Å²) in [6, 6.07) is 4.29. The first-order valence-corrected chi connectivity index (χ1v) is 2.94. The van der Waals surface area contributed by atoms with Crippen LogP contribution in [0.25, 0.3) is 0 Å². The Bertz CT molecular complexity index is 220. The van der Waals surface area contributed by atoms with E-state index in [1.54, 1.807) is 0 Å². The summed E-state index contributed by atoms with van der Waals surface area (Å²) in [6.45, 7) is 0.321. The third kappa shape index (κ3) is 2.65. The SMILES string of the molecule is Cl.NCc1cc(O)cc(O)c1. The van der Waals surface area contributed by atoms with Crippen LogP contribution in [0.3, 0.4) is 0 Å². The molecule has 0 saturated heterocycles. The minimum atomic E-state index is 0. The van der Waals surface area contributed by atoms with Gasteiger partial charge in [0.05, 0.1) is 0 Å². The molecule has 11 heavy (non-hydrogen) atoms. The molecule has 0 saturated carbocycles. The zero-order valence-corrected chi connectivity index (χ0v) is 6.64. The van der Waals surface area contributed by atoms with Crippen molar-refractivity contribution in [3.8, 4) is 11.5 Å². The lowest BCUT2D eigenvalue weighted by Crippen LogP contribution is -1.94. The Morgan fingerprint density at radius 2 is 1.55 bits per heavy atom. The molecule has 0 unspecified atom stereocenters. The van der Waals surface area contributed by atoms with Gasteiger partial charge in [-0.25, -0.2) is 0 Å². The predicted molar refractivity (Wildman–Crippen MR) is 44.9 cm³/mol. The van der Waals surface area contributed by atoms with Crippen LogP contribution >= 0.6 is 12.4 Å². The van der Waals surface area contributed by atoms with Crippen molar-refractivity contribution in [2.75, 3.05) is 0 Å². The van der Waals surface area contributed by atoms with Gasteiger partial charge in [0.15, 0.2) is 0 Å². The van der Waals surface area contributed by atoms with Crippen molar-refractivity contribution in [1.29, 1.82) is 0 Å². The van der Waals surface area contributed by atoms with Crippen LogP contribution in [0.2, 0.25) is 0 Å². The second-order valence-corrected chi connectivity index (χ2v) is 2.06. The maximum absolute atomic E-state index is 8.91. The highest BCUT2D eigenvalue weighted by atomic mass is 35.5. The van der Waals surface area contributed by atoms with E-state index in [1.165, 1.54) is 18.2 Å². The minimum Gasteiger partial charge on any atom is -0.508 e. The van der Waals surface area contributed by atoms with E-state index in [9.17, 15) is 0 Å². The van der Waals surface area contributed by atoms with Crippen LogP contribution in [-0.2, 0) is 6.54 Å². The zero-order chi connectivity index (χ0) is 7.56. The number of phenols is 2. The van der Waals surface area contributed by atoms with E-state index < -0.39 is 0 Å². The van der Waals surface area contributed by atoms with Crippen molar-refractivity contribution in [2.45, 2.75) is 6.54 Å². The van der Waals surface area contributed by atoms with E-state index in [0.717, 1.165) is 5.56 Å². The molecule has 4 heteroatoms. The van der Waals surface area contributed by atoms with E-state index in [-0.39, 0.29) is 23.9 Å². The van der Waals surface area contributed by atoms with Gasteiger partial charge in [-0.05, 0) is 17.7 Å². The van der Waals surface area contributed by atoms with Crippen LogP contribution < -0.4 is 5.73 Å². The van der Waals surface area contributed by atoms with E-state index in [0.29, 0.717) is 6.54 Å². The molecule has 0 aliphatic carbocycles. The molecule has 0 aliphatic rings. The van der Waals surface area contributed by atoms with Gasteiger partial charge in [0.25, 0.3) is 0 Å². The molecule has 3 nitrogen and oxygen atoms in total. The summed E-state index contributed by atoms with van der Waals surface area (Å²) in [7, 11) is 0. The lowest BCUT2D eigenvalue weighted by molar-refractivity contribution is 0.449. The second-order valence-electron chi connectivity index (χ2n) is 2.06. The highest BCUT2D eigenvalue weighted by Crippen LogP contribution is 2.19. The first-order valence-electron chi connectivity index (χ1n) is 2.94. The number of halogens is 1. The van der Waals surface area contributed by atoms with E-state index in [2.05, 4.69) is 0 Å². The average molecular weight is 176 g/mol. The molecule has 0 aliphatic heterocycles. The molecular weight excluding hydrogens is 166 g/mol. The Labute approximate surface area is 70.9 Å². The Kier molecular flexibility index (Phi) is 3.71. The van der Waals surface area contributed by atoms with Gasteiger partial charge >= 0.3 is 0 Å². The van der Waals surface area contributed by atoms with Gasteiger partial charge in [-0.15, -0.1) is 12.4 Å². The molecule has 1 aromatic carbocycles. The van der Waals surface area contributed by atoms with Crippen LogP contribution in [0.15, 0.2) is 18.2 Å². The van der Waals surface area contributed by atoms with Crippen molar-refractivity contribution >= 4 is 12.4 Å². The van der Waals surface area contributed by atoms with Gasteiger partial charge < -0.3 is 15.9 Å². The van der Waals surface area contributed by atoms with Gasteiger partial charge in [0.1, 0.15) is 11.5 Å².